The lowest BCUT2D eigenvalue weighted by Crippen LogP contribution is -2.17. The first-order valence-corrected chi connectivity index (χ1v) is 6.23. The average molecular weight is 214 g/mol. The highest BCUT2D eigenvalue weighted by atomic mass is 15.3. The maximum Gasteiger partial charge on any atom is 0.0688 e. The third-order valence-electron chi connectivity index (χ3n) is 3.71. The van der Waals surface area contributed by atoms with Gasteiger partial charge in [0, 0.05) is 5.39 Å². The minimum absolute atomic E-state index is 0.592. The van der Waals surface area contributed by atoms with Crippen LogP contribution in [0.4, 0.5) is 0 Å². The number of hydrogen-bond acceptors (Lipinski definition) is 1. The Morgan fingerprint density at radius 2 is 2.12 bits per heavy atom. The van der Waals surface area contributed by atoms with Gasteiger partial charge in [-0.25, -0.2) is 0 Å². The zero-order valence-corrected chi connectivity index (χ0v) is 9.98. The summed E-state index contributed by atoms with van der Waals surface area (Å²) < 4.78 is 2.23. The van der Waals surface area contributed by atoms with Crippen LogP contribution >= 0.6 is 0 Å². The van der Waals surface area contributed by atoms with Crippen molar-refractivity contribution in [1.29, 1.82) is 0 Å². The number of aromatic nitrogens is 2. The van der Waals surface area contributed by atoms with Crippen LogP contribution in [-0.2, 0) is 0 Å². The predicted octanol–water partition coefficient (Wildman–Crippen LogP) is 3.88. The van der Waals surface area contributed by atoms with E-state index >= 15 is 0 Å². The number of hydrogen-bond donors (Lipinski definition) is 0. The largest absolute Gasteiger partial charge is 0.262 e. The van der Waals surface area contributed by atoms with Gasteiger partial charge in [0.25, 0.3) is 0 Å². The van der Waals surface area contributed by atoms with E-state index in [0.29, 0.717) is 12.0 Å². The van der Waals surface area contributed by atoms with Crippen molar-refractivity contribution in [2.45, 2.75) is 45.1 Å². The molecule has 0 aliphatic heterocycles. The van der Waals surface area contributed by atoms with Gasteiger partial charge in [-0.3, -0.25) is 4.68 Å². The maximum absolute atomic E-state index is 4.53. The Hall–Kier alpha value is -1.31. The Kier molecular flexibility index (Phi) is 2.23. The molecule has 0 amide bonds. The van der Waals surface area contributed by atoms with Crippen LogP contribution in [0.15, 0.2) is 24.4 Å². The molecule has 1 aromatic carbocycles. The number of nitrogens with zero attached hydrogens (tertiary/aromatic N) is 2. The van der Waals surface area contributed by atoms with Gasteiger partial charge in [0.05, 0.1) is 17.8 Å². The highest BCUT2D eigenvalue weighted by Crippen LogP contribution is 2.34. The van der Waals surface area contributed by atoms with Crippen molar-refractivity contribution < 1.29 is 0 Å². The van der Waals surface area contributed by atoms with Crippen LogP contribution in [0, 0.1) is 0 Å². The standard InChI is InChI=1S/C14H18N2/c1-10(2)11-6-7-12-9-15-16(14(12)8-11)13-4-3-5-13/h6-10,13H,3-5H2,1-2H3. The van der Waals surface area contributed by atoms with Crippen molar-refractivity contribution in [1.82, 2.24) is 9.78 Å². The second-order valence-corrected chi connectivity index (χ2v) is 5.15. The van der Waals surface area contributed by atoms with E-state index in [0.717, 1.165) is 0 Å². The van der Waals surface area contributed by atoms with Crippen molar-refractivity contribution in [3.63, 3.8) is 0 Å². The van der Waals surface area contributed by atoms with E-state index in [1.807, 2.05) is 6.20 Å². The molecule has 1 aromatic heterocycles. The molecule has 0 radical (unpaired) electrons. The van der Waals surface area contributed by atoms with Gasteiger partial charge in [0.1, 0.15) is 0 Å². The molecule has 2 aromatic rings. The molecule has 0 unspecified atom stereocenters. The Labute approximate surface area is 96.3 Å². The molecule has 1 heterocycles. The summed E-state index contributed by atoms with van der Waals surface area (Å²) in [5, 5.41) is 5.81. The van der Waals surface area contributed by atoms with Crippen molar-refractivity contribution >= 4 is 10.9 Å². The molecule has 0 spiro atoms. The quantitative estimate of drug-likeness (QED) is 0.741. The van der Waals surface area contributed by atoms with Gasteiger partial charge in [0.2, 0.25) is 0 Å². The molecule has 0 saturated heterocycles. The molecule has 0 N–H and O–H groups in total. The molecule has 0 atom stereocenters. The fourth-order valence-electron chi connectivity index (χ4n) is 2.34. The first-order chi connectivity index (χ1) is 7.75. The molecular formula is C14H18N2. The topological polar surface area (TPSA) is 17.8 Å². The fraction of sp³-hybridized carbons (Fsp3) is 0.500. The molecule has 0 bridgehead atoms. The van der Waals surface area contributed by atoms with Crippen LogP contribution < -0.4 is 0 Å². The van der Waals surface area contributed by atoms with E-state index in [-0.39, 0.29) is 0 Å². The summed E-state index contributed by atoms with van der Waals surface area (Å²) in [6, 6.07) is 7.39. The number of rotatable bonds is 2. The summed E-state index contributed by atoms with van der Waals surface area (Å²) in [6.45, 7) is 4.48. The average Bonchev–Trinajstić information content (AvgIpc) is 2.59. The zero-order chi connectivity index (χ0) is 11.1. The zero-order valence-electron chi connectivity index (χ0n) is 9.98. The molecular weight excluding hydrogens is 196 g/mol. The summed E-state index contributed by atoms with van der Waals surface area (Å²) in [5.74, 6) is 0.592. The first-order valence-electron chi connectivity index (χ1n) is 6.23. The van der Waals surface area contributed by atoms with Gasteiger partial charge in [-0.05, 0) is 36.8 Å². The Balaban J connectivity index is 2.11. The SMILES string of the molecule is CC(C)c1ccc2cnn(C3CCC3)c2c1. The minimum atomic E-state index is 0.592. The summed E-state index contributed by atoms with van der Waals surface area (Å²) in [4.78, 5) is 0. The molecule has 84 valence electrons. The van der Waals surface area contributed by atoms with Crippen LogP contribution in [0.25, 0.3) is 10.9 Å². The van der Waals surface area contributed by atoms with Crippen LogP contribution in [0.1, 0.15) is 50.6 Å². The highest BCUT2D eigenvalue weighted by molar-refractivity contribution is 5.79. The van der Waals surface area contributed by atoms with Crippen LogP contribution in [-0.4, -0.2) is 9.78 Å². The minimum Gasteiger partial charge on any atom is -0.262 e. The lowest BCUT2D eigenvalue weighted by Gasteiger charge is -2.26. The number of fused-ring (bicyclic) bond motifs is 1. The van der Waals surface area contributed by atoms with Crippen LogP contribution in [0.2, 0.25) is 0 Å². The maximum atomic E-state index is 4.53. The molecule has 3 rings (SSSR count). The van der Waals surface area contributed by atoms with Crippen LogP contribution in [0.3, 0.4) is 0 Å². The van der Waals surface area contributed by atoms with E-state index in [4.69, 9.17) is 0 Å². The second kappa shape index (κ2) is 3.62. The molecule has 1 fully saturated rings. The summed E-state index contributed by atoms with van der Waals surface area (Å²) >= 11 is 0. The van der Waals surface area contributed by atoms with Gasteiger partial charge in [-0.1, -0.05) is 26.0 Å². The van der Waals surface area contributed by atoms with Gasteiger partial charge in [0.15, 0.2) is 0 Å². The summed E-state index contributed by atoms with van der Waals surface area (Å²) in [7, 11) is 0. The molecule has 1 aliphatic rings. The molecule has 16 heavy (non-hydrogen) atoms. The molecule has 1 saturated carbocycles. The Morgan fingerprint density at radius 3 is 2.75 bits per heavy atom. The van der Waals surface area contributed by atoms with Gasteiger partial charge >= 0.3 is 0 Å². The third-order valence-corrected chi connectivity index (χ3v) is 3.71. The van der Waals surface area contributed by atoms with Gasteiger partial charge < -0.3 is 0 Å². The molecule has 2 nitrogen and oxygen atoms in total. The lowest BCUT2D eigenvalue weighted by molar-refractivity contribution is 0.297. The van der Waals surface area contributed by atoms with Crippen molar-refractivity contribution in [2.24, 2.45) is 0 Å². The fourth-order valence-corrected chi connectivity index (χ4v) is 2.34. The van der Waals surface area contributed by atoms with E-state index in [9.17, 15) is 0 Å². The summed E-state index contributed by atoms with van der Waals surface area (Å²) in [6.07, 6.45) is 5.94. The van der Waals surface area contributed by atoms with E-state index in [1.54, 1.807) is 0 Å². The van der Waals surface area contributed by atoms with Crippen molar-refractivity contribution in [3.8, 4) is 0 Å². The van der Waals surface area contributed by atoms with Crippen LogP contribution in [0.5, 0.6) is 0 Å². The van der Waals surface area contributed by atoms with E-state index in [1.165, 1.54) is 35.7 Å². The van der Waals surface area contributed by atoms with E-state index < -0.39 is 0 Å². The Bertz CT molecular complexity index is 506. The second-order valence-electron chi connectivity index (χ2n) is 5.15. The smallest absolute Gasteiger partial charge is 0.0688 e. The van der Waals surface area contributed by atoms with Gasteiger partial charge in [-0.15, -0.1) is 0 Å². The summed E-state index contributed by atoms with van der Waals surface area (Å²) in [5.41, 5.74) is 2.73. The van der Waals surface area contributed by atoms with Crippen molar-refractivity contribution in [2.75, 3.05) is 0 Å². The Morgan fingerprint density at radius 1 is 1.31 bits per heavy atom. The molecule has 2 heteroatoms. The van der Waals surface area contributed by atoms with Crippen molar-refractivity contribution in [3.05, 3.63) is 30.0 Å². The molecule has 1 aliphatic carbocycles. The van der Waals surface area contributed by atoms with E-state index in [2.05, 4.69) is 41.8 Å². The lowest BCUT2D eigenvalue weighted by atomic mass is 9.93. The normalized spacial score (nSPS) is 16.9. The monoisotopic (exact) mass is 214 g/mol. The number of benzene rings is 1. The first kappa shape index (κ1) is 9.88. The predicted molar refractivity (Wildman–Crippen MR) is 66.7 cm³/mol. The van der Waals surface area contributed by atoms with Gasteiger partial charge in [-0.2, -0.15) is 5.10 Å². The highest BCUT2D eigenvalue weighted by Gasteiger charge is 2.21. The third kappa shape index (κ3) is 1.44.